The Balaban J connectivity index is 2.37. The molecular weight excluding hydrogens is 361 g/mol. The van der Waals surface area contributed by atoms with Crippen molar-refractivity contribution in [1.82, 2.24) is 0 Å². The van der Waals surface area contributed by atoms with Crippen LogP contribution in [-0.2, 0) is 22.7 Å². The van der Waals surface area contributed by atoms with Gasteiger partial charge in [-0.3, -0.25) is 0 Å². The highest BCUT2D eigenvalue weighted by atomic mass is 32.2. The summed E-state index contributed by atoms with van der Waals surface area (Å²) in [7, 11) is -2.92. The highest BCUT2D eigenvalue weighted by molar-refractivity contribution is 7.89. The van der Waals surface area contributed by atoms with Gasteiger partial charge in [0.15, 0.2) is 11.5 Å². The molecule has 10 heteroatoms. The fraction of sp³-hybridized carbons (Fsp3) is 0.200. The summed E-state index contributed by atoms with van der Waals surface area (Å²) in [5, 5.41) is 17.4. The summed E-state index contributed by atoms with van der Waals surface area (Å²) < 4.78 is 67.0. The van der Waals surface area contributed by atoms with Crippen LogP contribution in [0.3, 0.4) is 0 Å². The van der Waals surface area contributed by atoms with Crippen LogP contribution in [0.4, 0.5) is 18.9 Å². The standard InChI is InChI=1S/C15H15F3N2O4S/c1-24-13-4-2-3-9(14(13)21)8-20-12-6-5-10(25(19,22)23)7-11(12)15(16,17)18/h2-7,20-21H,8H2,1H3,(H2,19,22,23). The monoisotopic (exact) mass is 376 g/mol. The van der Waals surface area contributed by atoms with E-state index >= 15 is 0 Å². The van der Waals surface area contributed by atoms with Gasteiger partial charge in [0, 0.05) is 17.8 Å². The summed E-state index contributed by atoms with van der Waals surface area (Å²) in [6, 6.07) is 6.99. The number of ether oxygens (including phenoxy) is 1. The molecule has 0 saturated carbocycles. The van der Waals surface area contributed by atoms with Crippen LogP contribution in [0.25, 0.3) is 0 Å². The third-order valence-corrected chi connectivity index (χ3v) is 4.31. The number of hydrogen-bond donors (Lipinski definition) is 3. The van der Waals surface area contributed by atoms with Crippen molar-refractivity contribution >= 4 is 15.7 Å². The average Bonchev–Trinajstić information content (AvgIpc) is 2.52. The van der Waals surface area contributed by atoms with Crippen LogP contribution >= 0.6 is 0 Å². The van der Waals surface area contributed by atoms with Crippen molar-refractivity contribution in [2.75, 3.05) is 12.4 Å². The quantitative estimate of drug-likeness (QED) is 0.745. The normalized spacial score (nSPS) is 12.0. The maximum Gasteiger partial charge on any atom is 0.418 e. The highest BCUT2D eigenvalue weighted by Gasteiger charge is 2.34. The summed E-state index contributed by atoms with van der Waals surface area (Å²) in [6.45, 7) is -0.138. The van der Waals surface area contributed by atoms with Gasteiger partial charge in [-0.05, 0) is 24.3 Å². The number of rotatable bonds is 5. The third-order valence-electron chi connectivity index (χ3n) is 3.40. The lowest BCUT2D eigenvalue weighted by molar-refractivity contribution is -0.137. The molecule has 0 saturated heterocycles. The molecule has 0 unspecified atom stereocenters. The maximum absolute atomic E-state index is 13.2. The van der Waals surface area contributed by atoms with Crippen molar-refractivity contribution in [1.29, 1.82) is 0 Å². The lowest BCUT2D eigenvalue weighted by Crippen LogP contribution is -2.16. The van der Waals surface area contributed by atoms with E-state index in [4.69, 9.17) is 9.88 Å². The Morgan fingerprint density at radius 3 is 2.48 bits per heavy atom. The molecule has 25 heavy (non-hydrogen) atoms. The smallest absolute Gasteiger partial charge is 0.418 e. The second-order valence-corrected chi connectivity index (χ2v) is 6.63. The summed E-state index contributed by atoms with van der Waals surface area (Å²) in [4.78, 5) is -0.644. The Kier molecular flexibility index (Phi) is 5.14. The van der Waals surface area contributed by atoms with Crippen molar-refractivity contribution in [3.63, 3.8) is 0 Å². The number of primary sulfonamides is 1. The first kappa shape index (κ1) is 18.9. The van der Waals surface area contributed by atoms with E-state index < -0.39 is 26.7 Å². The molecule has 136 valence electrons. The molecule has 0 aliphatic heterocycles. The average molecular weight is 376 g/mol. The number of phenolic OH excluding ortho intramolecular Hbond substituents is 1. The van der Waals surface area contributed by atoms with E-state index in [1.165, 1.54) is 19.2 Å². The van der Waals surface area contributed by atoms with Gasteiger partial charge in [0.05, 0.1) is 17.6 Å². The van der Waals surface area contributed by atoms with Crippen LogP contribution in [-0.4, -0.2) is 20.6 Å². The molecule has 0 atom stereocenters. The van der Waals surface area contributed by atoms with Crippen molar-refractivity contribution in [2.24, 2.45) is 5.14 Å². The summed E-state index contributed by atoms with van der Waals surface area (Å²) in [5.41, 5.74) is -1.22. The molecule has 6 nitrogen and oxygen atoms in total. The topological polar surface area (TPSA) is 102 Å². The van der Waals surface area contributed by atoms with E-state index in [1.54, 1.807) is 6.07 Å². The van der Waals surface area contributed by atoms with Crippen molar-refractivity contribution in [2.45, 2.75) is 17.6 Å². The molecule has 0 aliphatic rings. The fourth-order valence-corrected chi connectivity index (χ4v) is 2.69. The second-order valence-electron chi connectivity index (χ2n) is 5.07. The number of halogens is 3. The van der Waals surface area contributed by atoms with Gasteiger partial charge >= 0.3 is 6.18 Å². The first-order valence-corrected chi connectivity index (χ1v) is 8.41. The van der Waals surface area contributed by atoms with Crippen LogP contribution < -0.4 is 15.2 Å². The molecule has 4 N–H and O–H groups in total. The zero-order chi connectivity index (χ0) is 18.8. The van der Waals surface area contributed by atoms with E-state index in [1.807, 2.05) is 0 Å². The van der Waals surface area contributed by atoms with Gasteiger partial charge in [-0.15, -0.1) is 0 Å². The van der Waals surface area contributed by atoms with Crippen LogP contribution in [0.1, 0.15) is 11.1 Å². The molecule has 0 heterocycles. The Morgan fingerprint density at radius 2 is 1.92 bits per heavy atom. The molecule has 2 aromatic carbocycles. The minimum Gasteiger partial charge on any atom is -0.504 e. The van der Waals surface area contributed by atoms with Gasteiger partial charge < -0.3 is 15.2 Å². The first-order chi connectivity index (χ1) is 11.5. The van der Waals surface area contributed by atoms with Crippen LogP contribution in [0, 0.1) is 0 Å². The number of phenols is 1. The number of sulfonamides is 1. The van der Waals surface area contributed by atoms with Gasteiger partial charge in [-0.1, -0.05) is 12.1 Å². The number of nitrogens with one attached hydrogen (secondary N) is 1. The third kappa shape index (κ3) is 4.34. The number of methoxy groups -OCH3 is 1. The molecule has 0 aromatic heterocycles. The van der Waals surface area contributed by atoms with Crippen LogP contribution in [0.15, 0.2) is 41.3 Å². The molecule has 2 rings (SSSR count). The molecular formula is C15H15F3N2O4S. The molecule has 0 fully saturated rings. The Hall–Kier alpha value is -2.46. The molecule has 0 spiro atoms. The van der Waals surface area contributed by atoms with Crippen molar-refractivity contribution < 1.29 is 31.4 Å². The number of benzene rings is 2. The predicted octanol–water partition coefficient (Wildman–Crippen LogP) is 2.68. The van der Waals surface area contributed by atoms with E-state index in [0.29, 0.717) is 11.6 Å². The Labute approximate surface area is 142 Å². The molecule has 0 amide bonds. The van der Waals surface area contributed by atoms with Gasteiger partial charge in [-0.25, -0.2) is 13.6 Å². The lowest BCUT2D eigenvalue weighted by atomic mass is 10.1. The predicted molar refractivity (Wildman–Crippen MR) is 84.8 cm³/mol. The van der Waals surface area contributed by atoms with Gasteiger partial charge in [0.2, 0.25) is 10.0 Å². The zero-order valence-electron chi connectivity index (χ0n) is 13.0. The lowest BCUT2D eigenvalue weighted by Gasteiger charge is -2.16. The molecule has 0 radical (unpaired) electrons. The van der Waals surface area contributed by atoms with E-state index in [9.17, 15) is 26.7 Å². The minimum atomic E-state index is -4.79. The summed E-state index contributed by atoms with van der Waals surface area (Å²) in [5.74, 6) is -0.0212. The van der Waals surface area contributed by atoms with E-state index in [0.717, 1.165) is 12.1 Å². The number of nitrogens with two attached hydrogens (primary N) is 1. The molecule has 2 aromatic rings. The number of aromatic hydroxyl groups is 1. The van der Waals surface area contributed by atoms with Gasteiger partial charge in [0.25, 0.3) is 0 Å². The largest absolute Gasteiger partial charge is 0.504 e. The Morgan fingerprint density at radius 1 is 1.24 bits per heavy atom. The number of anilines is 1. The molecule has 0 bridgehead atoms. The summed E-state index contributed by atoms with van der Waals surface area (Å²) in [6.07, 6.45) is -4.79. The second kappa shape index (κ2) is 6.81. The van der Waals surface area contributed by atoms with Crippen LogP contribution in [0.5, 0.6) is 11.5 Å². The van der Waals surface area contributed by atoms with Crippen molar-refractivity contribution in [3.8, 4) is 11.5 Å². The van der Waals surface area contributed by atoms with E-state index in [-0.39, 0.29) is 23.7 Å². The van der Waals surface area contributed by atoms with Crippen molar-refractivity contribution in [3.05, 3.63) is 47.5 Å². The van der Waals surface area contributed by atoms with E-state index in [2.05, 4.69) is 5.32 Å². The summed E-state index contributed by atoms with van der Waals surface area (Å²) >= 11 is 0. The highest BCUT2D eigenvalue weighted by Crippen LogP contribution is 2.37. The number of alkyl halides is 3. The van der Waals surface area contributed by atoms with Gasteiger partial charge in [0.1, 0.15) is 0 Å². The number of para-hydroxylation sites is 1. The fourth-order valence-electron chi connectivity index (χ4n) is 2.15. The minimum absolute atomic E-state index is 0.138. The Bertz CT molecular complexity index is 883. The first-order valence-electron chi connectivity index (χ1n) is 6.87. The zero-order valence-corrected chi connectivity index (χ0v) is 13.8. The maximum atomic E-state index is 13.2. The van der Waals surface area contributed by atoms with Gasteiger partial charge in [-0.2, -0.15) is 13.2 Å². The SMILES string of the molecule is COc1cccc(CNc2ccc(S(N)(=O)=O)cc2C(F)(F)F)c1O. The number of hydrogen-bond acceptors (Lipinski definition) is 5. The van der Waals surface area contributed by atoms with Crippen LogP contribution in [0.2, 0.25) is 0 Å². The molecule has 0 aliphatic carbocycles.